The van der Waals surface area contributed by atoms with Crippen LogP contribution in [0.4, 0.5) is 0 Å². The molecule has 3 nitrogen and oxygen atoms in total. The Bertz CT molecular complexity index is 419. The average Bonchev–Trinajstić information content (AvgIpc) is 2.42. The van der Waals surface area contributed by atoms with E-state index in [0.717, 1.165) is 39.4 Å². The summed E-state index contributed by atoms with van der Waals surface area (Å²) in [6.07, 6.45) is 1.17. The molecule has 0 radical (unpaired) electrons. The number of benzene rings is 1. The summed E-state index contributed by atoms with van der Waals surface area (Å²) in [7, 11) is 0. The molecule has 1 aromatic carbocycles. The molecule has 0 aromatic heterocycles. The van der Waals surface area contributed by atoms with Gasteiger partial charge in [-0.05, 0) is 36.6 Å². The fourth-order valence-electron chi connectivity index (χ4n) is 2.97. The zero-order chi connectivity index (χ0) is 12.4. The van der Waals surface area contributed by atoms with Gasteiger partial charge >= 0.3 is 0 Å². The summed E-state index contributed by atoms with van der Waals surface area (Å²) < 4.78 is 5.51. The second-order valence-corrected chi connectivity index (χ2v) is 5.38. The van der Waals surface area contributed by atoms with Crippen molar-refractivity contribution in [2.75, 3.05) is 26.3 Å². The van der Waals surface area contributed by atoms with Gasteiger partial charge in [0.15, 0.2) is 0 Å². The van der Waals surface area contributed by atoms with E-state index < -0.39 is 0 Å². The van der Waals surface area contributed by atoms with Gasteiger partial charge < -0.3 is 10.1 Å². The fourth-order valence-corrected chi connectivity index (χ4v) is 2.97. The van der Waals surface area contributed by atoms with Crippen LogP contribution in [0.1, 0.15) is 23.6 Å². The Balaban J connectivity index is 1.79. The molecular formula is C15H22N2O. The molecule has 1 fully saturated rings. The topological polar surface area (TPSA) is 24.5 Å². The summed E-state index contributed by atoms with van der Waals surface area (Å²) in [4.78, 5) is 2.54. The van der Waals surface area contributed by atoms with Crippen molar-refractivity contribution >= 4 is 0 Å². The van der Waals surface area contributed by atoms with Crippen molar-refractivity contribution in [3.63, 3.8) is 0 Å². The molecule has 1 atom stereocenters. The Hall–Kier alpha value is -0.900. The van der Waals surface area contributed by atoms with Crippen LogP contribution in [0.3, 0.4) is 0 Å². The highest BCUT2D eigenvalue weighted by Crippen LogP contribution is 2.21. The fraction of sp³-hybridized carbons (Fsp3) is 0.600. The van der Waals surface area contributed by atoms with E-state index in [2.05, 4.69) is 35.3 Å². The molecule has 0 saturated carbocycles. The van der Waals surface area contributed by atoms with Gasteiger partial charge in [-0.2, -0.15) is 0 Å². The lowest BCUT2D eigenvalue weighted by molar-refractivity contribution is -0.00449. The largest absolute Gasteiger partial charge is 0.379 e. The monoisotopic (exact) mass is 246 g/mol. The first-order valence-corrected chi connectivity index (χ1v) is 6.97. The van der Waals surface area contributed by atoms with Crippen LogP contribution in [0, 0.1) is 0 Å². The summed E-state index contributed by atoms with van der Waals surface area (Å²) in [6, 6.07) is 7.29. The van der Waals surface area contributed by atoms with E-state index in [9.17, 15) is 0 Å². The van der Waals surface area contributed by atoms with E-state index in [1.165, 1.54) is 17.5 Å². The minimum atomic E-state index is 0.538. The Kier molecular flexibility index (Phi) is 3.64. The second-order valence-electron chi connectivity index (χ2n) is 5.38. The summed E-state index contributed by atoms with van der Waals surface area (Å²) >= 11 is 0. The van der Waals surface area contributed by atoms with E-state index in [0.29, 0.717) is 6.04 Å². The molecule has 3 rings (SSSR count). The van der Waals surface area contributed by atoms with Crippen molar-refractivity contribution < 1.29 is 4.74 Å². The maximum Gasteiger partial charge on any atom is 0.0619 e. The van der Waals surface area contributed by atoms with Gasteiger partial charge in [0.05, 0.1) is 13.2 Å². The van der Waals surface area contributed by atoms with Crippen LogP contribution in [-0.4, -0.2) is 37.2 Å². The number of hydrogen-bond acceptors (Lipinski definition) is 3. The Labute approximate surface area is 109 Å². The van der Waals surface area contributed by atoms with E-state index in [1.807, 2.05) is 0 Å². The molecule has 1 unspecified atom stereocenters. The molecule has 1 saturated heterocycles. The first kappa shape index (κ1) is 12.2. The molecule has 2 heterocycles. The zero-order valence-corrected chi connectivity index (χ0v) is 11.1. The summed E-state index contributed by atoms with van der Waals surface area (Å²) in [5, 5.41) is 3.45. The third-order valence-electron chi connectivity index (χ3n) is 4.12. The molecule has 0 spiro atoms. The predicted molar refractivity (Wildman–Crippen MR) is 72.5 cm³/mol. The lowest BCUT2D eigenvalue weighted by atomic mass is 9.95. The van der Waals surface area contributed by atoms with Crippen LogP contribution < -0.4 is 5.32 Å². The Morgan fingerprint density at radius 2 is 2.39 bits per heavy atom. The van der Waals surface area contributed by atoms with Crippen LogP contribution in [0.15, 0.2) is 18.2 Å². The van der Waals surface area contributed by atoms with Crippen molar-refractivity contribution in [1.29, 1.82) is 0 Å². The molecule has 18 heavy (non-hydrogen) atoms. The summed E-state index contributed by atoms with van der Waals surface area (Å²) in [6.45, 7) is 8.29. The first-order chi connectivity index (χ1) is 8.84. The van der Waals surface area contributed by atoms with Crippen molar-refractivity contribution in [1.82, 2.24) is 10.2 Å². The van der Waals surface area contributed by atoms with E-state index in [-0.39, 0.29) is 0 Å². The molecule has 0 amide bonds. The third-order valence-corrected chi connectivity index (χ3v) is 4.12. The molecule has 0 bridgehead atoms. The second kappa shape index (κ2) is 5.39. The van der Waals surface area contributed by atoms with Crippen LogP contribution in [0.2, 0.25) is 0 Å². The number of ether oxygens (including phenoxy) is 1. The van der Waals surface area contributed by atoms with Gasteiger partial charge in [-0.1, -0.05) is 18.2 Å². The van der Waals surface area contributed by atoms with Crippen LogP contribution in [0.25, 0.3) is 0 Å². The highest BCUT2D eigenvalue weighted by Gasteiger charge is 2.21. The maximum atomic E-state index is 5.51. The van der Waals surface area contributed by atoms with E-state index in [1.54, 1.807) is 5.56 Å². The molecule has 1 N–H and O–H groups in total. The normalized spacial score (nSPS) is 24.8. The van der Waals surface area contributed by atoms with Crippen molar-refractivity contribution in [3.8, 4) is 0 Å². The lowest BCUT2D eigenvalue weighted by Gasteiger charge is -2.34. The number of morpholine rings is 1. The summed E-state index contributed by atoms with van der Waals surface area (Å²) in [5.41, 5.74) is 4.58. The lowest BCUT2D eigenvalue weighted by Crippen LogP contribution is -2.43. The molecule has 3 heteroatoms. The molecule has 2 aliphatic rings. The van der Waals surface area contributed by atoms with E-state index in [4.69, 9.17) is 4.74 Å². The number of nitrogens with zero attached hydrogens (tertiary/aromatic N) is 1. The Morgan fingerprint density at radius 3 is 3.28 bits per heavy atom. The first-order valence-electron chi connectivity index (χ1n) is 6.97. The molecule has 1 aromatic rings. The van der Waals surface area contributed by atoms with E-state index >= 15 is 0 Å². The third kappa shape index (κ3) is 2.44. The smallest absolute Gasteiger partial charge is 0.0619 e. The van der Waals surface area contributed by atoms with Crippen LogP contribution in [0.5, 0.6) is 0 Å². The van der Waals surface area contributed by atoms with Crippen molar-refractivity contribution in [2.45, 2.75) is 32.5 Å². The minimum Gasteiger partial charge on any atom is -0.379 e. The van der Waals surface area contributed by atoms with Gasteiger partial charge in [0.25, 0.3) is 0 Å². The van der Waals surface area contributed by atoms with Gasteiger partial charge in [-0.15, -0.1) is 0 Å². The number of nitrogens with one attached hydrogen (secondary N) is 1. The average molecular weight is 246 g/mol. The highest BCUT2D eigenvalue weighted by atomic mass is 16.5. The molecular weight excluding hydrogens is 224 g/mol. The summed E-state index contributed by atoms with van der Waals surface area (Å²) in [5.74, 6) is 0. The van der Waals surface area contributed by atoms with Crippen molar-refractivity contribution in [3.05, 3.63) is 34.9 Å². The Morgan fingerprint density at radius 1 is 1.44 bits per heavy atom. The standard InChI is InChI=1S/C15H22N2O/c1-12-11-18-8-7-17(12)10-14-4-2-3-13-9-16-6-5-15(13)14/h2-4,12,16H,5-11H2,1H3. The zero-order valence-electron chi connectivity index (χ0n) is 11.1. The molecule has 98 valence electrons. The maximum absolute atomic E-state index is 5.51. The van der Waals surface area contributed by atoms with Gasteiger partial charge in [0.1, 0.15) is 0 Å². The molecule has 2 aliphatic heterocycles. The minimum absolute atomic E-state index is 0.538. The quantitative estimate of drug-likeness (QED) is 0.857. The van der Waals surface area contributed by atoms with Gasteiger partial charge in [0, 0.05) is 25.7 Å². The van der Waals surface area contributed by atoms with Gasteiger partial charge in [-0.3, -0.25) is 4.90 Å². The molecule has 0 aliphatic carbocycles. The predicted octanol–water partition coefficient (Wildman–Crippen LogP) is 1.55. The number of hydrogen-bond donors (Lipinski definition) is 1. The van der Waals surface area contributed by atoms with Crippen molar-refractivity contribution in [2.24, 2.45) is 0 Å². The van der Waals surface area contributed by atoms with Crippen LogP contribution >= 0.6 is 0 Å². The van der Waals surface area contributed by atoms with Crippen LogP contribution in [-0.2, 0) is 24.2 Å². The number of fused-ring (bicyclic) bond motifs is 1. The number of rotatable bonds is 2. The van der Waals surface area contributed by atoms with Gasteiger partial charge in [0.2, 0.25) is 0 Å². The highest BCUT2D eigenvalue weighted by molar-refractivity contribution is 5.37. The van der Waals surface area contributed by atoms with Gasteiger partial charge in [-0.25, -0.2) is 0 Å². The SMILES string of the molecule is CC1COCCN1Cc1cccc2c1CCNC2.